The fourth-order valence-corrected chi connectivity index (χ4v) is 2.24. The van der Waals surface area contributed by atoms with Gasteiger partial charge in [0.15, 0.2) is 0 Å². The van der Waals surface area contributed by atoms with E-state index < -0.39 is 0 Å². The predicted molar refractivity (Wildman–Crippen MR) is 85.3 cm³/mol. The molecule has 3 nitrogen and oxygen atoms in total. The molecular weight excluding hydrogens is 289 g/mol. The predicted octanol–water partition coefficient (Wildman–Crippen LogP) is 4.63. The van der Waals surface area contributed by atoms with Crippen molar-refractivity contribution in [1.82, 2.24) is 9.97 Å². The smallest absolute Gasteiger partial charge is 0.134 e. The maximum absolute atomic E-state index is 14.2. The van der Waals surface area contributed by atoms with Crippen molar-refractivity contribution in [3.8, 4) is 11.3 Å². The lowest BCUT2D eigenvalue weighted by Crippen LogP contribution is -2.09. The van der Waals surface area contributed by atoms with E-state index in [9.17, 15) is 4.39 Å². The summed E-state index contributed by atoms with van der Waals surface area (Å²) in [4.78, 5) is 8.98. The molecule has 0 saturated carbocycles. The zero-order valence-electron chi connectivity index (χ0n) is 12.5. The second-order valence-electron chi connectivity index (χ2n) is 4.87. The van der Waals surface area contributed by atoms with Gasteiger partial charge in [-0.05, 0) is 31.5 Å². The maximum atomic E-state index is 14.2. The monoisotopic (exact) mass is 307 g/mol. The van der Waals surface area contributed by atoms with Gasteiger partial charge < -0.3 is 5.32 Å². The molecule has 0 bridgehead atoms. The van der Waals surface area contributed by atoms with Gasteiger partial charge in [-0.25, -0.2) is 14.4 Å². The molecule has 0 unspecified atom stereocenters. The maximum Gasteiger partial charge on any atom is 0.134 e. The minimum absolute atomic E-state index is 0.368. The lowest BCUT2D eigenvalue weighted by atomic mass is 10.1. The largest absolute Gasteiger partial charge is 0.370 e. The van der Waals surface area contributed by atoms with E-state index in [0.29, 0.717) is 28.5 Å². The fourth-order valence-electron chi connectivity index (χ4n) is 2.08. The molecule has 0 aliphatic rings. The summed E-state index contributed by atoms with van der Waals surface area (Å²) >= 11 is 5.82. The third-order valence-corrected chi connectivity index (χ3v) is 3.47. The highest BCUT2D eigenvalue weighted by molar-refractivity contribution is 6.30. The van der Waals surface area contributed by atoms with Crippen molar-refractivity contribution in [1.29, 1.82) is 0 Å². The van der Waals surface area contributed by atoms with Gasteiger partial charge in [-0.1, -0.05) is 25.4 Å². The summed E-state index contributed by atoms with van der Waals surface area (Å²) in [6.45, 7) is 6.80. The Bertz CT molecular complexity index is 644. The van der Waals surface area contributed by atoms with Crippen LogP contribution < -0.4 is 5.32 Å². The molecule has 0 fully saturated rings. The van der Waals surface area contributed by atoms with E-state index in [1.165, 1.54) is 6.07 Å². The van der Waals surface area contributed by atoms with Crippen LogP contribution in [0.2, 0.25) is 5.02 Å². The minimum atomic E-state index is -0.368. The lowest BCUT2D eigenvalue weighted by molar-refractivity contribution is 0.630. The molecule has 21 heavy (non-hydrogen) atoms. The highest BCUT2D eigenvalue weighted by atomic mass is 35.5. The third-order valence-electron chi connectivity index (χ3n) is 3.24. The number of nitrogens with one attached hydrogen (secondary N) is 1. The summed E-state index contributed by atoms with van der Waals surface area (Å²) in [6.07, 6.45) is 1.69. The molecule has 0 atom stereocenters. The van der Waals surface area contributed by atoms with Gasteiger partial charge in [0.25, 0.3) is 0 Å². The first-order chi connectivity index (χ1) is 10.1. The molecule has 112 valence electrons. The van der Waals surface area contributed by atoms with Crippen LogP contribution in [0.15, 0.2) is 18.2 Å². The number of hydrogen-bond donors (Lipinski definition) is 1. The minimum Gasteiger partial charge on any atom is -0.370 e. The second kappa shape index (κ2) is 6.85. The number of anilines is 1. The molecular formula is C16H19ClFN3. The molecule has 1 aromatic carbocycles. The molecule has 0 aliphatic heterocycles. The van der Waals surface area contributed by atoms with Crippen LogP contribution in [0.25, 0.3) is 11.3 Å². The lowest BCUT2D eigenvalue weighted by Gasteiger charge is -2.14. The molecule has 1 heterocycles. The molecule has 0 spiro atoms. The van der Waals surface area contributed by atoms with Gasteiger partial charge in [-0.2, -0.15) is 0 Å². The molecule has 0 aliphatic carbocycles. The molecule has 1 N–H and O–H groups in total. The van der Waals surface area contributed by atoms with E-state index in [0.717, 1.165) is 24.3 Å². The van der Waals surface area contributed by atoms with E-state index in [4.69, 9.17) is 11.6 Å². The van der Waals surface area contributed by atoms with Gasteiger partial charge in [-0.15, -0.1) is 0 Å². The molecule has 2 rings (SSSR count). The molecule has 0 saturated heterocycles. The van der Waals surface area contributed by atoms with Crippen LogP contribution in [-0.2, 0) is 6.42 Å². The summed E-state index contributed by atoms with van der Waals surface area (Å²) in [5, 5.41) is 3.66. The second-order valence-corrected chi connectivity index (χ2v) is 5.30. The van der Waals surface area contributed by atoms with Crippen LogP contribution in [0, 0.1) is 12.7 Å². The Labute approximate surface area is 129 Å². The van der Waals surface area contributed by atoms with E-state index in [1.54, 1.807) is 12.1 Å². The van der Waals surface area contributed by atoms with Gasteiger partial charge in [0, 0.05) is 29.1 Å². The summed E-state index contributed by atoms with van der Waals surface area (Å²) in [5.41, 5.74) is 1.92. The van der Waals surface area contributed by atoms with Crippen molar-refractivity contribution in [3.63, 3.8) is 0 Å². The van der Waals surface area contributed by atoms with Crippen molar-refractivity contribution < 1.29 is 4.39 Å². The van der Waals surface area contributed by atoms with Crippen molar-refractivity contribution in [2.75, 3.05) is 11.9 Å². The third kappa shape index (κ3) is 3.50. The molecule has 5 heteroatoms. The van der Waals surface area contributed by atoms with Crippen LogP contribution in [0.1, 0.15) is 31.7 Å². The van der Waals surface area contributed by atoms with Crippen molar-refractivity contribution in [2.24, 2.45) is 0 Å². The van der Waals surface area contributed by atoms with E-state index in [1.807, 2.05) is 13.8 Å². The van der Waals surface area contributed by atoms with Gasteiger partial charge in [0.05, 0.1) is 5.69 Å². The number of rotatable bonds is 5. The van der Waals surface area contributed by atoms with Crippen molar-refractivity contribution in [2.45, 2.75) is 33.6 Å². The number of halogens is 2. The first-order valence-electron chi connectivity index (χ1n) is 7.13. The zero-order chi connectivity index (χ0) is 15.4. The normalized spacial score (nSPS) is 10.7. The first kappa shape index (κ1) is 15.7. The summed E-state index contributed by atoms with van der Waals surface area (Å²) in [5.74, 6) is 1.10. The Kier molecular flexibility index (Phi) is 5.12. The number of aromatic nitrogens is 2. The molecule has 2 aromatic rings. The van der Waals surface area contributed by atoms with Crippen LogP contribution in [0.4, 0.5) is 10.2 Å². The Morgan fingerprint density at radius 1 is 1.24 bits per heavy atom. The zero-order valence-corrected chi connectivity index (χ0v) is 13.3. The summed E-state index contributed by atoms with van der Waals surface area (Å²) in [6, 6.07) is 4.64. The van der Waals surface area contributed by atoms with Gasteiger partial charge in [0.1, 0.15) is 17.5 Å². The Morgan fingerprint density at radius 2 is 2.00 bits per heavy atom. The van der Waals surface area contributed by atoms with Gasteiger partial charge in [0.2, 0.25) is 0 Å². The quantitative estimate of drug-likeness (QED) is 0.875. The van der Waals surface area contributed by atoms with E-state index in [2.05, 4.69) is 22.2 Å². The summed E-state index contributed by atoms with van der Waals surface area (Å²) in [7, 11) is 0. The molecule has 0 amide bonds. The van der Waals surface area contributed by atoms with Crippen molar-refractivity contribution >= 4 is 17.4 Å². The highest BCUT2D eigenvalue weighted by Gasteiger charge is 2.15. The molecule has 0 radical (unpaired) electrons. The highest BCUT2D eigenvalue weighted by Crippen LogP contribution is 2.29. The van der Waals surface area contributed by atoms with Crippen LogP contribution in [0.5, 0.6) is 0 Å². The fraction of sp³-hybridized carbons (Fsp3) is 0.375. The topological polar surface area (TPSA) is 37.8 Å². The Balaban J connectivity index is 2.56. The standard InChI is InChI=1S/C16H19ClFN3/c1-4-8-19-16-10(3)15(20-14(5-2)21-16)12-7-6-11(17)9-13(12)18/h6-7,9H,4-5,8H2,1-3H3,(H,19,20,21). The van der Waals surface area contributed by atoms with Crippen LogP contribution >= 0.6 is 11.6 Å². The average molecular weight is 308 g/mol. The van der Waals surface area contributed by atoms with Gasteiger partial charge >= 0.3 is 0 Å². The van der Waals surface area contributed by atoms with E-state index in [-0.39, 0.29) is 5.82 Å². The Morgan fingerprint density at radius 3 is 2.62 bits per heavy atom. The number of nitrogens with zero attached hydrogens (tertiary/aromatic N) is 2. The van der Waals surface area contributed by atoms with E-state index >= 15 is 0 Å². The number of hydrogen-bond acceptors (Lipinski definition) is 3. The SMILES string of the molecule is CCCNc1nc(CC)nc(-c2ccc(Cl)cc2F)c1C. The van der Waals surface area contributed by atoms with Crippen LogP contribution in [0.3, 0.4) is 0 Å². The number of aryl methyl sites for hydroxylation is 1. The van der Waals surface area contributed by atoms with Gasteiger partial charge in [-0.3, -0.25) is 0 Å². The molecule has 1 aromatic heterocycles. The average Bonchev–Trinajstić information content (AvgIpc) is 2.47. The number of benzene rings is 1. The first-order valence-corrected chi connectivity index (χ1v) is 7.51. The van der Waals surface area contributed by atoms with Crippen LogP contribution in [-0.4, -0.2) is 16.5 Å². The van der Waals surface area contributed by atoms with Crippen molar-refractivity contribution in [3.05, 3.63) is 40.4 Å². The Hall–Kier alpha value is -1.68. The summed E-state index contributed by atoms with van der Waals surface area (Å²) < 4.78 is 14.2.